The average molecular weight is 407 g/mol. The molecule has 2 saturated carbocycles. The van der Waals surface area contributed by atoms with E-state index in [2.05, 4.69) is 24.3 Å². The Bertz CT molecular complexity index is 1240. The molecular formula is C27H21NO3. The summed E-state index contributed by atoms with van der Waals surface area (Å²) in [6.45, 7) is 0. The fourth-order valence-electron chi connectivity index (χ4n) is 6.24. The Morgan fingerprint density at radius 2 is 1.32 bits per heavy atom. The number of amides is 2. The van der Waals surface area contributed by atoms with E-state index >= 15 is 0 Å². The molecule has 1 heterocycles. The first kappa shape index (κ1) is 17.3. The molecule has 5 aliphatic rings. The van der Waals surface area contributed by atoms with E-state index < -0.39 is 0 Å². The number of hydrogen-bond acceptors (Lipinski definition) is 3. The zero-order valence-corrected chi connectivity index (χ0v) is 16.8. The predicted molar refractivity (Wildman–Crippen MR) is 118 cm³/mol. The van der Waals surface area contributed by atoms with Gasteiger partial charge in [0, 0.05) is 0 Å². The van der Waals surface area contributed by atoms with Gasteiger partial charge >= 0.3 is 0 Å². The number of rotatable bonds is 3. The zero-order valence-electron chi connectivity index (χ0n) is 16.8. The van der Waals surface area contributed by atoms with E-state index in [4.69, 9.17) is 4.74 Å². The van der Waals surface area contributed by atoms with Crippen LogP contribution >= 0.6 is 0 Å². The zero-order chi connectivity index (χ0) is 20.7. The van der Waals surface area contributed by atoms with Crippen LogP contribution in [0.15, 0.2) is 78.9 Å². The molecule has 3 fully saturated rings. The van der Waals surface area contributed by atoms with E-state index in [1.54, 1.807) is 0 Å². The summed E-state index contributed by atoms with van der Waals surface area (Å²) in [5.74, 6) is 2.78. The maximum absolute atomic E-state index is 13.2. The lowest BCUT2D eigenvalue weighted by atomic mass is 9.63. The van der Waals surface area contributed by atoms with E-state index in [1.165, 1.54) is 16.7 Å². The molecule has 0 spiro atoms. The number of carbonyl (C=O) groups excluding carboxylic acids is 2. The number of imide groups is 1. The molecule has 1 aliphatic heterocycles. The summed E-state index contributed by atoms with van der Waals surface area (Å²) in [5, 5.41) is 2.28. The van der Waals surface area contributed by atoms with Gasteiger partial charge in [-0.25, -0.2) is 0 Å². The van der Waals surface area contributed by atoms with Crippen LogP contribution in [0.5, 0.6) is 11.5 Å². The second-order valence-electron chi connectivity index (χ2n) is 9.27. The van der Waals surface area contributed by atoms with Crippen molar-refractivity contribution in [3.05, 3.63) is 78.9 Å². The van der Waals surface area contributed by atoms with Gasteiger partial charge in [0.2, 0.25) is 11.8 Å². The highest BCUT2D eigenvalue weighted by atomic mass is 16.5. The van der Waals surface area contributed by atoms with Crippen LogP contribution in [0.1, 0.15) is 6.42 Å². The summed E-state index contributed by atoms with van der Waals surface area (Å²) in [4.78, 5) is 27.9. The van der Waals surface area contributed by atoms with E-state index in [9.17, 15) is 9.59 Å². The largest absolute Gasteiger partial charge is 0.457 e. The number of carbonyl (C=O) groups is 2. The van der Waals surface area contributed by atoms with Crippen LogP contribution in [0.2, 0.25) is 0 Å². The van der Waals surface area contributed by atoms with Gasteiger partial charge < -0.3 is 4.74 Å². The first-order valence-electron chi connectivity index (χ1n) is 11.0. The number of ether oxygens (including phenoxy) is 1. The Hall–Kier alpha value is -3.40. The first-order chi connectivity index (χ1) is 15.2. The third kappa shape index (κ3) is 2.42. The summed E-state index contributed by atoms with van der Waals surface area (Å²) in [6.07, 6.45) is 5.58. The highest BCUT2D eigenvalue weighted by Crippen LogP contribution is 2.65. The van der Waals surface area contributed by atoms with Crippen molar-refractivity contribution in [2.45, 2.75) is 6.42 Å². The van der Waals surface area contributed by atoms with Crippen molar-refractivity contribution < 1.29 is 14.3 Å². The standard InChI is InChI=1S/C27H21NO3/c29-26-24-20-11-12-21(23-14-22(20)23)25(24)27(30)28(26)17-6-9-18(10-7-17)31-19-8-5-15-3-1-2-4-16(15)13-19/h1-13,20-25H,14H2/t20-,21-,22-,23+,24+,25+/m0/s1. The van der Waals surface area contributed by atoms with Crippen molar-refractivity contribution in [1.29, 1.82) is 0 Å². The smallest absolute Gasteiger partial charge is 0.238 e. The summed E-state index contributed by atoms with van der Waals surface area (Å²) >= 11 is 0. The number of nitrogens with zero attached hydrogens (tertiary/aromatic N) is 1. The molecule has 31 heavy (non-hydrogen) atoms. The summed E-state index contributed by atoms with van der Waals surface area (Å²) < 4.78 is 6.02. The number of fused-ring (bicyclic) bond motifs is 1. The van der Waals surface area contributed by atoms with Crippen molar-refractivity contribution >= 4 is 28.3 Å². The van der Waals surface area contributed by atoms with E-state index in [0.29, 0.717) is 23.3 Å². The van der Waals surface area contributed by atoms with Crippen molar-refractivity contribution in [3.63, 3.8) is 0 Å². The molecule has 1 saturated heterocycles. The highest BCUT2D eigenvalue weighted by molar-refractivity contribution is 6.22. The summed E-state index contributed by atoms with van der Waals surface area (Å²) in [7, 11) is 0. The van der Waals surface area contributed by atoms with Crippen LogP contribution < -0.4 is 9.64 Å². The third-order valence-corrected chi connectivity index (χ3v) is 7.71. The quantitative estimate of drug-likeness (QED) is 0.443. The minimum absolute atomic E-state index is 0.0251. The molecular weight excluding hydrogens is 386 g/mol. The van der Waals surface area contributed by atoms with Crippen LogP contribution in [0.3, 0.4) is 0 Å². The van der Waals surface area contributed by atoms with Gasteiger partial charge in [0.15, 0.2) is 0 Å². The molecule has 4 nitrogen and oxygen atoms in total. The fourth-order valence-corrected chi connectivity index (χ4v) is 6.24. The maximum Gasteiger partial charge on any atom is 0.238 e. The molecule has 3 aromatic carbocycles. The van der Waals surface area contributed by atoms with Gasteiger partial charge in [-0.3, -0.25) is 14.5 Å². The predicted octanol–water partition coefficient (Wildman–Crippen LogP) is 5.19. The molecule has 4 heteroatoms. The van der Waals surface area contributed by atoms with Crippen molar-refractivity contribution in [2.75, 3.05) is 4.90 Å². The Labute approximate surface area is 180 Å². The Balaban J connectivity index is 1.15. The Kier molecular flexibility index (Phi) is 3.39. The second kappa shape index (κ2) is 6.07. The number of anilines is 1. The molecule has 0 N–H and O–H groups in total. The molecule has 0 unspecified atom stereocenters. The molecule has 6 atom stereocenters. The van der Waals surface area contributed by atoms with Gasteiger partial charge in [-0.15, -0.1) is 0 Å². The van der Waals surface area contributed by atoms with Crippen LogP contribution in [0.25, 0.3) is 10.8 Å². The summed E-state index contributed by atoms with van der Waals surface area (Å²) in [6, 6.07) is 21.4. The van der Waals surface area contributed by atoms with Gasteiger partial charge in [0.05, 0.1) is 17.5 Å². The number of allylic oxidation sites excluding steroid dienone is 2. The van der Waals surface area contributed by atoms with E-state index in [0.717, 1.165) is 11.1 Å². The van der Waals surface area contributed by atoms with Gasteiger partial charge in [-0.1, -0.05) is 42.5 Å². The van der Waals surface area contributed by atoms with Crippen LogP contribution in [-0.4, -0.2) is 11.8 Å². The monoisotopic (exact) mass is 407 g/mol. The lowest BCUT2D eigenvalue weighted by Crippen LogP contribution is -2.40. The van der Waals surface area contributed by atoms with Crippen LogP contribution in [0.4, 0.5) is 5.69 Å². The van der Waals surface area contributed by atoms with Gasteiger partial charge in [-0.2, -0.15) is 0 Å². The Morgan fingerprint density at radius 3 is 2.00 bits per heavy atom. The first-order valence-corrected chi connectivity index (χ1v) is 11.0. The van der Waals surface area contributed by atoms with Gasteiger partial charge in [0.1, 0.15) is 11.5 Å². The topological polar surface area (TPSA) is 46.6 Å². The minimum atomic E-state index is -0.167. The number of benzene rings is 3. The fraction of sp³-hybridized carbons (Fsp3) is 0.259. The summed E-state index contributed by atoms with van der Waals surface area (Å²) in [5.41, 5.74) is 0.642. The normalized spacial score (nSPS) is 32.3. The van der Waals surface area contributed by atoms with Gasteiger partial charge in [0.25, 0.3) is 0 Å². The second-order valence-corrected chi connectivity index (χ2v) is 9.27. The van der Waals surface area contributed by atoms with Crippen LogP contribution in [-0.2, 0) is 9.59 Å². The van der Waals surface area contributed by atoms with Crippen molar-refractivity contribution in [2.24, 2.45) is 35.5 Å². The molecule has 0 radical (unpaired) electrons. The van der Waals surface area contributed by atoms with Crippen molar-refractivity contribution in [3.8, 4) is 11.5 Å². The van der Waals surface area contributed by atoms with E-state index in [1.807, 2.05) is 54.6 Å². The third-order valence-electron chi connectivity index (χ3n) is 7.71. The van der Waals surface area contributed by atoms with E-state index in [-0.39, 0.29) is 35.5 Å². The molecule has 2 amide bonds. The highest BCUT2D eigenvalue weighted by Gasteiger charge is 2.67. The lowest BCUT2D eigenvalue weighted by Gasteiger charge is -2.37. The molecule has 3 aromatic rings. The molecule has 152 valence electrons. The maximum atomic E-state index is 13.2. The molecule has 0 aromatic heterocycles. The molecule has 2 bridgehead atoms. The lowest BCUT2D eigenvalue weighted by molar-refractivity contribution is -0.124. The molecule has 4 aliphatic carbocycles. The van der Waals surface area contributed by atoms with Crippen molar-refractivity contribution in [1.82, 2.24) is 0 Å². The number of hydrogen-bond donors (Lipinski definition) is 0. The molecule has 8 rings (SSSR count). The Morgan fingerprint density at radius 1 is 0.710 bits per heavy atom. The average Bonchev–Trinajstić information content (AvgIpc) is 3.58. The van der Waals surface area contributed by atoms with Gasteiger partial charge in [-0.05, 0) is 77.3 Å². The SMILES string of the molecule is O=C1[C@@H]2[C@H]3C=C[C@@H]([C@@H]4C[C@H]34)[C@H]2C(=O)N1c1ccc(Oc2ccc3ccccc3c2)cc1. The van der Waals surface area contributed by atoms with Crippen LogP contribution in [0, 0.1) is 35.5 Å². The minimum Gasteiger partial charge on any atom is -0.457 e.